The summed E-state index contributed by atoms with van der Waals surface area (Å²) in [6.07, 6.45) is 5.47. The molecule has 7 heteroatoms. The molecule has 2 aliphatic heterocycles. The highest BCUT2D eigenvalue weighted by molar-refractivity contribution is 6.08. The fourth-order valence-corrected chi connectivity index (χ4v) is 4.67. The molecule has 24 heavy (non-hydrogen) atoms. The van der Waals surface area contributed by atoms with Crippen LogP contribution >= 0.6 is 0 Å². The molecule has 134 valence electrons. The Balaban J connectivity index is 1.58. The van der Waals surface area contributed by atoms with Gasteiger partial charge in [0.05, 0.1) is 13.1 Å². The molecule has 1 aliphatic carbocycles. The molecule has 0 unspecified atom stereocenters. The summed E-state index contributed by atoms with van der Waals surface area (Å²) >= 11 is 0. The largest absolute Gasteiger partial charge is 0.344 e. The van der Waals surface area contributed by atoms with Crippen molar-refractivity contribution >= 4 is 17.8 Å². The van der Waals surface area contributed by atoms with Gasteiger partial charge in [-0.05, 0) is 19.3 Å². The van der Waals surface area contributed by atoms with Gasteiger partial charge in [-0.2, -0.15) is 5.01 Å². The van der Waals surface area contributed by atoms with Crippen LogP contribution in [0.3, 0.4) is 0 Å². The number of rotatable bonds is 3. The number of amides is 4. The second kappa shape index (κ2) is 6.70. The van der Waals surface area contributed by atoms with Gasteiger partial charge in [-0.1, -0.05) is 33.1 Å². The van der Waals surface area contributed by atoms with Gasteiger partial charge in [0.1, 0.15) is 5.54 Å². The maximum atomic E-state index is 12.6. The Morgan fingerprint density at radius 3 is 2.46 bits per heavy atom. The number of urea groups is 1. The zero-order valence-corrected chi connectivity index (χ0v) is 14.7. The minimum absolute atomic E-state index is 0.261. The van der Waals surface area contributed by atoms with E-state index >= 15 is 0 Å². The number of hydrogen-bond acceptors (Lipinski definition) is 3. The van der Waals surface area contributed by atoms with Crippen molar-refractivity contribution in [2.75, 3.05) is 19.6 Å². The summed E-state index contributed by atoms with van der Waals surface area (Å²) in [5.41, 5.74) is 1.75. The minimum atomic E-state index is -0.788. The molecule has 2 heterocycles. The molecule has 2 saturated heterocycles. The Labute approximate surface area is 143 Å². The van der Waals surface area contributed by atoms with E-state index in [1.54, 1.807) is 0 Å². The molecule has 3 rings (SSSR count). The van der Waals surface area contributed by atoms with E-state index in [1.807, 2.05) is 0 Å². The van der Waals surface area contributed by atoms with Crippen LogP contribution in [0.1, 0.15) is 52.4 Å². The summed E-state index contributed by atoms with van der Waals surface area (Å²) in [6.45, 7) is 6.64. The summed E-state index contributed by atoms with van der Waals surface area (Å²) in [5, 5.41) is 3.71. The Kier molecular flexibility index (Phi) is 4.80. The van der Waals surface area contributed by atoms with E-state index in [0.29, 0.717) is 31.2 Å². The average Bonchev–Trinajstić information content (AvgIpc) is 2.71. The molecule has 3 N–H and O–H groups in total. The molecule has 0 aromatic rings. The summed E-state index contributed by atoms with van der Waals surface area (Å²) in [6, 6.07) is -0.495. The van der Waals surface area contributed by atoms with Gasteiger partial charge in [-0.15, -0.1) is 0 Å². The first-order valence-electron chi connectivity index (χ1n) is 9.19. The number of nitrogens with zero attached hydrogens (tertiary/aromatic N) is 1. The molecule has 1 spiro atoms. The van der Waals surface area contributed by atoms with Crippen LogP contribution in [0.5, 0.6) is 0 Å². The molecule has 7 nitrogen and oxygen atoms in total. The van der Waals surface area contributed by atoms with Crippen molar-refractivity contribution in [3.05, 3.63) is 0 Å². The van der Waals surface area contributed by atoms with Crippen molar-refractivity contribution in [3.63, 3.8) is 0 Å². The van der Waals surface area contributed by atoms with E-state index in [9.17, 15) is 14.4 Å². The van der Waals surface area contributed by atoms with Crippen molar-refractivity contribution in [1.82, 2.24) is 15.8 Å². The van der Waals surface area contributed by atoms with Crippen LogP contribution in [0, 0.1) is 11.8 Å². The lowest BCUT2D eigenvalue weighted by Gasteiger charge is -2.32. The molecule has 0 bridgehead atoms. The van der Waals surface area contributed by atoms with Crippen LogP contribution in [0.15, 0.2) is 0 Å². The predicted octanol–water partition coefficient (Wildman–Crippen LogP) is -0.167. The highest BCUT2D eigenvalue weighted by atomic mass is 16.2. The Morgan fingerprint density at radius 2 is 1.83 bits per heavy atom. The second-order valence-corrected chi connectivity index (χ2v) is 8.03. The molecular weight excluding hydrogens is 308 g/mol. The van der Waals surface area contributed by atoms with Gasteiger partial charge in [-0.25, -0.2) is 4.79 Å². The van der Waals surface area contributed by atoms with Gasteiger partial charge in [0.2, 0.25) is 0 Å². The smallest absolute Gasteiger partial charge is 0.327 e. The van der Waals surface area contributed by atoms with E-state index in [2.05, 4.69) is 24.6 Å². The quantitative estimate of drug-likeness (QED) is 0.626. The van der Waals surface area contributed by atoms with Crippen LogP contribution in [-0.2, 0) is 9.59 Å². The summed E-state index contributed by atoms with van der Waals surface area (Å²) in [7, 11) is 0. The fraction of sp³-hybridized carbons (Fsp3) is 0.824. The van der Waals surface area contributed by atoms with Crippen molar-refractivity contribution in [2.24, 2.45) is 11.8 Å². The number of carbonyl (C=O) groups excluding carboxylic acids is 3. The lowest BCUT2D eigenvalue weighted by atomic mass is 9.82. The predicted molar refractivity (Wildman–Crippen MR) is 87.8 cm³/mol. The van der Waals surface area contributed by atoms with Crippen LogP contribution in [0.4, 0.5) is 4.79 Å². The third-order valence-corrected chi connectivity index (χ3v) is 5.59. The van der Waals surface area contributed by atoms with Crippen molar-refractivity contribution in [1.29, 1.82) is 0 Å². The summed E-state index contributed by atoms with van der Waals surface area (Å²) < 4.78 is 0. The number of hydrazine groups is 1. The molecule has 0 aromatic carbocycles. The van der Waals surface area contributed by atoms with Crippen molar-refractivity contribution in [3.8, 4) is 0 Å². The summed E-state index contributed by atoms with van der Waals surface area (Å²) in [5.74, 6) is 0.635. The third kappa shape index (κ3) is 3.41. The van der Waals surface area contributed by atoms with Crippen molar-refractivity contribution < 1.29 is 19.3 Å². The van der Waals surface area contributed by atoms with E-state index < -0.39 is 11.6 Å². The molecular formula is C17H29N4O3+. The Bertz CT molecular complexity index is 520. The Hall–Kier alpha value is -1.63. The van der Waals surface area contributed by atoms with E-state index in [-0.39, 0.29) is 11.8 Å². The van der Waals surface area contributed by atoms with Crippen molar-refractivity contribution in [2.45, 2.75) is 57.9 Å². The maximum Gasteiger partial charge on any atom is 0.344 e. The average molecular weight is 337 g/mol. The molecule has 3 aliphatic rings. The first kappa shape index (κ1) is 17.2. The minimum Gasteiger partial charge on any atom is -0.327 e. The van der Waals surface area contributed by atoms with Gasteiger partial charge >= 0.3 is 6.03 Å². The number of carbonyl (C=O) groups is 3. The molecule has 4 amide bonds. The van der Waals surface area contributed by atoms with Gasteiger partial charge in [0.15, 0.2) is 6.54 Å². The van der Waals surface area contributed by atoms with Crippen LogP contribution in [-0.4, -0.2) is 48.0 Å². The normalized spacial score (nSPS) is 32.8. The number of piperidine rings is 1. The number of quaternary nitrogens is 1. The van der Waals surface area contributed by atoms with E-state index in [1.165, 1.54) is 11.3 Å². The monoisotopic (exact) mass is 337 g/mol. The van der Waals surface area contributed by atoms with E-state index in [4.69, 9.17) is 0 Å². The standard InChI is InChI=1S/C17H28N4O3/c1-12-8-13(2)10-20(9-12)11-14(22)19-21-15(23)17(18-16(21)24)6-4-3-5-7-17/h12-13H,3-11H2,1-2H3,(H,18,24)(H,19,22)/p+1/t12-,13-/m0/s1. The van der Waals surface area contributed by atoms with Gasteiger partial charge in [-0.3, -0.25) is 15.0 Å². The fourth-order valence-electron chi connectivity index (χ4n) is 4.67. The van der Waals surface area contributed by atoms with Gasteiger partial charge in [0.25, 0.3) is 11.8 Å². The molecule has 2 atom stereocenters. The Morgan fingerprint density at radius 1 is 1.21 bits per heavy atom. The van der Waals surface area contributed by atoms with Crippen LogP contribution in [0.2, 0.25) is 0 Å². The second-order valence-electron chi connectivity index (χ2n) is 8.03. The molecule has 3 fully saturated rings. The zero-order chi connectivity index (χ0) is 17.3. The number of nitrogens with one attached hydrogen (secondary N) is 3. The lowest BCUT2D eigenvalue weighted by molar-refractivity contribution is -0.904. The zero-order valence-electron chi connectivity index (χ0n) is 14.7. The maximum absolute atomic E-state index is 12.6. The van der Waals surface area contributed by atoms with Gasteiger partial charge < -0.3 is 10.2 Å². The van der Waals surface area contributed by atoms with Crippen LogP contribution < -0.4 is 15.6 Å². The molecule has 0 aromatic heterocycles. The first-order valence-corrected chi connectivity index (χ1v) is 9.19. The summed E-state index contributed by atoms with van der Waals surface area (Å²) in [4.78, 5) is 38.4. The number of likely N-dealkylation sites (tertiary alicyclic amines) is 1. The number of imide groups is 1. The lowest BCUT2D eigenvalue weighted by Crippen LogP contribution is -3.15. The van der Waals surface area contributed by atoms with E-state index in [0.717, 1.165) is 37.4 Å². The highest BCUT2D eigenvalue weighted by Gasteiger charge is 2.52. The van der Waals surface area contributed by atoms with Gasteiger partial charge in [0, 0.05) is 11.8 Å². The van der Waals surface area contributed by atoms with Crippen LogP contribution in [0.25, 0.3) is 0 Å². The SMILES string of the molecule is C[C@H]1C[C@H](C)C[NH+](CC(=O)NN2C(=O)NC3(CCCCC3)C2=O)C1. The topological polar surface area (TPSA) is 82.9 Å². The molecule has 0 radical (unpaired) electrons. The highest BCUT2D eigenvalue weighted by Crippen LogP contribution is 2.32. The first-order chi connectivity index (χ1) is 11.4. The number of hydrogen-bond donors (Lipinski definition) is 3. The molecule has 1 saturated carbocycles. The third-order valence-electron chi connectivity index (χ3n) is 5.59.